The van der Waals surface area contributed by atoms with Gasteiger partial charge in [-0.15, -0.1) is 0 Å². The molecule has 4 nitrogen and oxygen atoms in total. The lowest BCUT2D eigenvalue weighted by Gasteiger charge is -2.03. The topological polar surface area (TPSA) is 63.6 Å². The molecule has 1 aliphatic heterocycles. The Hall–Kier alpha value is -0.130. The van der Waals surface area contributed by atoms with Gasteiger partial charge in [0.15, 0.2) is 0 Å². The van der Waals surface area contributed by atoms with Crippen LogP contribution in [0.1, 0.15) is 12.8 Å². The molecule has 1 N–H and O–H groups in total. The smallest absolute Gasteiger partial charge is 0.264 e. The van der Waals surface area contributed by atoms with Crippen molar-refractivity contribution in [3.05, 3.63) is 0 Å². The number of ether oxygens (including phenoxy) is 1. The average molecular weight is 180 g/mol. The molecule has 0 aromatic heterocycles. The van der Waals surface area contributed by atoms with Crippen molar-refractivity contribution in [1.82, 2.24) is 0 Å². The normalized spacial score (nSPS) is 25.7. The maximum Gasteiger partial charge on any atom is 0.264 e. The van der Waals surface area contributed by atoms with E-state index in [1.807, 2.05) is 0 Å². The predicted molar refractivity (Wildman–Crippen MR) is 40.0 cm³/mol. The Kier molecular flexibility index (Phi) is 2.86. The van der Waals surface area contributed by atoms with Crippen molar-refractivity contribution in [2.24, 2.45) is 5.92 Å². The van der Waals surface area contributed by atoms with Crippen LogP contribution < -0.4 is 0 Å². The van der Waals surface area contributed by atoms with E-state index in [-0.39, 0.29) is 5.75 Å². The number of rotatable bonds is 3. The molecule has 0 radical (unpaired) electrons. The minimum Gasteiger partial charge on any atom is -0.381 e. The van der Waals surface area contributed by atoms with Crippen LogP contribution in [0.5, 0.6) is 0 Å². The van der Waals surface area contributed by atoms with Crippen LogP contribution in [-0.2, 0) is 14.9 Å². The minimum absolute atomic E-state index is 0.138. The SMILES string of the molecule is O=S(=O)(O)CCC1CCOC1. The Morgan fingerprint density at radius 3 is 2.73 bits per heavy atom. The molecule has 0 bridgehead atoms. The highest BCUT2D eigenvalue weighted by Gasteiger charge is 2.17. The molecule has 0 aromatic rings. The summed E-state index contributed by atoms with van der Waals surface area (Å²) in [5.41, 5.74) is 0. The lowest BCUT2D eigenvalue weighted by Crippen LogP contribution is -2.09. The highest BCUT2D eigenvalue weighted by atomic mass is 32.2. The van der Waals surface area contributed by atoms with Gasteiger partial charge in [0.05, 0.1) is 5.75 Å². The molecule has 0 aromatic carbocycles. The molecule has 1 fully saturated rings. The van der Waals surface area contributed by atoms with E-state index in [1.165, 1.54) is 0 Å². The molecule has 1 aliphatic rings. The summed E-state index contributed by atoms with van der Waals surface area (Å²) in [5, 5.41) is 0. The van der Waals surface area contributed by atoms with E-state index in [2.05, 4.69) is 0 Å². The molecule has 1 unspecified atom stereocenters. The summed E-state index contributed by atoms with van der Waals surface area (Å²) in [7, 11) is -3.77. The Morgan fingerprint density at radius 2 is 2.27 bits per heavy atom. The Morgan fingerprint density at radius 1 is 1.55 bits per heavy atom. The van der Waals surface area contributed by atoms with E-state index >= 15 is 0 Å². The maximum absolute atomic E-state index is 10.3. The van der Waals surface area contributed by atoms with E-state index in [4.69, 9.17) is 9.29 Å². The summed E-state index contributed by atoms with van der Waals surface area (Å²) in [6, 6.07) is 0. The molecular weight excluding hydrogens is 168 g/mol. The zero-order valence-electron chi connectivity index (χ0n) is 6.19. The second kappa shape index (κ2) is 3.51. The van der Waals surface area contributed by atoms with E-state index in [0.29, 0.717) is 18.9 Å². The van der Waals surface area contributed by atoms with Gasteiger partial charge in [-0.1, -0.05) is 0 Å². The molecule has 1 heterocycles. The van der Waals surface area contributed by atoms with Crippen LogP contribution in [0.15, 0.2) is 0 Å². The summed E-state index contributed by atoms with van der Waals surface area (Å²) in [4.78, 5) is 0. The van der Waals surface area contributed by atoms with Crippen LogP contribution in [0.3, 0.4) is 0 Å². The van der Waals surface area contributed by atoms with Crippen molar-refractivity contribution in [2.45, 2.75) is 12.8 Å². The van der Waals surface area contributed by atoms with Gasteiger partial charge in [0.2, 0.25) is 0 Å². The molecule has 0 spiro atoms. The Balaban J connectivity index is 2.22. The zero-order chi connectivity index (χ0) is 8.32. The Labute approximate surface area is 66.3 Å². The van der Waals surface area contributed by atoms with Gasteiger partial charge in [-0.3, -0.25) is 4.55 Å². The van der Waals surface area contributed by atoms with Gasteiger partial charge < -0.3 is 4.74 Å². The van der Waals surface area contributed by atoms with E-state index < -0.39 is 10.1 Å². The lowest BCUT2D eigenvalue weighted by molar-refractivity contribution is 0.185. The fourth-order valence-electron chi connectivity index (χ4n) is 1.13. The first-order valence-corrected chi connectivity index (χ1v) is 5.22. The van der Waals surface area contributed by atoms with Gasteiger partial charge in [-0.2, -0.15) is 8.42 Å². The standard InChI is InChI=1S/C6H12O4S/c7-11(8,9)4-2-6-1-3-10-5-6/h6H,1-5H2,(H,7,8,9). The second-order valence-electron chi connectivity index (χ2n) is 2.80. The molecule has 5 heteroatoms. The summed E-state index contributed by atoms with van der Waals surface area (Å²) >= 11 is 0. The first-order valence-electron chi connectivity index (χ1n) is 3.61. The summed E-state index contributed by atoms with van der Waals surface area (Å²) < 4.78 is 34.1. The number of hydrogen-bond donors (Lipinski definition) is 1. The number of hydrogen-bond acceptors (Lipinski definition) is 3. The first kappa shape index (κ1) is 8.96. The van der Waals surface area contributed by atoms with Crippen molar-refractivity contribution in [1.29, 1.82) is 0 Å². The molecule has 11 heavy (non-hydrogen) atoms. The summed E-state index contributed by atoms with van der Waals surface area (Å²) in [6.45, 7) is 1.35. The van der Waals surface area contributed by atoms with Crippen molar-refractivity contribution in [2.75, 3.05) is 19.0 Å². The lowest BCUT2D eigenvalue weighted by atomic mass is 10.1. The maximum atomic E-state index is 10.3. The third kappa shape index (κ3) is 3.69. The molecule has 0 amide bonds. The van der Waals surface area contributed by atoms with Crippen molar-refractivity contribution >= 4 is 10.1 Å². The quantitative estimate of drug-likeness (QED) is 0.634. The molecular formula is C6H12O4S. The van der Waals surface area contributed by atoms with Gasteiger partial charge >= 0.3 is 0 Å². The van der Waals surface area contributed by atoms with E-state index in [9.17, 15) is 8.42 Å². The van der Waals surface area contributed by atoms with Crippen LogP contribution in [0.2, 0.25) is 0 Å². The van der Waals surface area contributed by atoms with Crippen molar-refractivity contribution in [3.63, 3.8) is 0 Å². The van der Waals surface area contributed by atoms with Crippen LogP contribution in [0.25, 0.3) is 0 Å². The van der Waals surface area contributed by atoms with Gasteiger partial charge in [0.25, 0.3) is 10.1 Å². The van der Waals surface area contributed by atoms with E-state index in [1.54, 1.807) is 0 Å². The molecule has 1 atom stereocenters. The molecule has 66 valence electrons. The predicted octanol–water partition coefficient (Wildman–Crippen LogP) is 0.301. The van der Waals surface area contributed by atoms with Crippen LogP contribution in [0.4, 0.5) is 0 Å². The molecule has 0 aliphatic carbocycles. The molecule has 0 saturated carbocycles. The monoisotopic (exact) mass is 180 g/mol. The highest BCUT2D eigenvalue weighted by Crippen LogP contribution is 2.16. The third-order valence-corrected chi connectivity index (χ3v) is 2.56. The van der Waals surface area contributed by atoms with Crippen LogP contribution in [-0.4, -0.2) is 31.9 Å². The van der Waals surface area contributed by atoms with Gasteiger partial charge in [0, 0.05) is 13.2 Å². The summed E-state index contributed by atoms with van der Waals surface area (Å²) in [5.74, 6) is 0.179. The highest BCUT2D eigenvalue weighted by molar-refractivity contribution is 7.85. The third-order valence-electron chi connectivity index (χ3n) is 1.81. The second-order valence-corrected chi connectivity index (χ2v) is 4.38. The van der Waals surface area contributed by atoms with Gasteiger partial charge in [-0.05, 0) is 18.8 Å². The molecule has 1 saturated heterocycles. The summed E-state index contributed by atoms with van der Waals surface area (Å²) in [6.07, 6.45) is 1.42. The fraction of sp³-hybridized carbons (Fsp3) is 1.00. The van der Waals surface area contributed by atoms with Crippen LogP contribution in [0, 0.1) is 5.92 Å². The van der Waals surface area contributed by atoms with Crippen molar-refractivity contribution in [3.8, 4) is 0 Å². The average Bonchev–Trinajstić information content (AvgIpc) is 2.32. The zero-order valence-corrected chi connectivity index (χ0v) is 7.01. The van der Waals surface area contributed by atoms with Gasteiger partial charge in [0.1, 0.15) is 0 Å². The largest absolute Gasteiger partial charge is 0.381 e. The fourth-order valence-corrected chi connectivity index (χ4v) is 1.76. The van der Waals surface area contributed by atoms with E-state index in [0.717, 1.165) is 13.0 Å². The molecule has 1 rings (SSSR count). The van der Waals surface area contributed by atoms with Crippen LogP contribution >= 0.6 is 0 Å². The van der Waals surface area contributed by atoms with Gasteiger partial charge in [-0.25, -0.2) is 0 Å². The minimum atomic E-state index is -3.77. The first-order chi connectivity index (χ1) is 5.08. The Bertz CT molecular complexity index is 203. The van der Waals surface area contributed by atoms with Crippen molar-refractivity contribution < 1.29 is 17.7 Å².